The zero-order chi connectivity index (χ0) is 9.97. The number of hydrogen-bond donors (Lipinski definition) is 1. The van der Waals surface area contributed by atoms with Crippen molar-refractivity contribution in [2.45, 2.75) is 0 Å². The number of nitrogens with one attached hydrogen (secondary N) is 1. The van der Waals surface area contributed by atoms with Gasteiger partial charge in [-0.15, -0.1) is 0 Å². The van der Waals surface area contributed by atoms with Crippen molar-refractivity contribution < 1.29 is 9.13 Å². The number of hydrogen-bond acceptors (Lipinski definition) is 3. The van der Waals surface area contributed by atoms with Crippen molar-refractivity contribution in [1.82, 2.24) is 15.2 Å². The van der Waals surface area contributed by atoms with Gasteiger partial charge in [0.25, 0.3) is 0 Å². The largest absolute Gasteiger partial charge is 0.496 e. The number of ether oxygens (including phenoxy) is 1. The summed E-state index contributed by atoms with van der Waals surface area (Å²) in [6.07, 6.45) is 1.36. The predicted octanol–water partition coefficient (Wildman–Crippen LogP) is 1.62. The van der Waals surface area contributed by atoms with Crippen LogP contribution in [0.5, 0.6) is 5.75 Å². The molecule has 0 aliphatic carbocycles. The fourth-order valence-corrected chi connectivity index (χ4v) is 1.20. The summed E-state index contributed by atoms with van der Waals surface area (Å²) in [5.74, 6) is 0.710. The Morgan fingerprint density at radius 1 is 1.43 bits per heavy atom. The molecule has 5 heteroatoms. The number of aromatic nitrogens is 3. The normalized spacial score (nSPS) is 10.1. The smallest absolute Gasteiger partial charge is 0.159 e. The van der Waals surface area contributed by atoms with Gasteiger partial charge in [0.1, 0.15) is 17.9 Å². The van der Waals surface area contributed by atoms with Crippen LogP contribution in [0, 0.1) is 5.82 Å². The molecule has 0 amide bonds. The van der Waals surface area contributed by atoms with E-state index in [4.69, 9.17) is 4.74 Å². The molecule has 0 radical (unpaired) electrons. The third-order valence-electron chi connectivity index (χ3n) is 1.83. The van der Waals surface area contributed by atoms with Crippen molar-refractivity contribution in [3.63, 3.8) is 0 Å². The van der Waals surface area contributed by atoms with Crippen LogP contribution in [-0.4, -0.2) is 22.3 Å². The summed E-state index contributed by atoms with van der Waals surface area (Å²) in [7, 11) is 1.52. The van der Waals surface area contributed by atoms with Gasteiger partial charge in [0.2, 0.25) is 0 Å². The van der Waals surface area contributed by atoms with Crippen molar-refractivity contribution in [3.8, 4) is 17.1 Å². The van der Waals surface area contributed by atoms with Crippen molar-refractivity contribution in [1.29, 1.82) is 0 Å². The van der Waals surface area contributed by atoms with E-state index in [2.05, 4.69) is 15.2 Å². The highest BCUT2D eigenvalue weighted by Gasteiger charge is 2.08. The molecule has 1 aromatic heterocycles. The zero-order valence-electron chi connectivity index (χ0n) is 7.49. The van der Waals surface area contributed by atoms with Crippen molar-refractivity contribution in [2.24, 2.45) is 0 Å². The molecular formula is C9H8FN3O. The van der Waals surface area contributed by atoms with Gasteiger partial charge in [0.05, 0.1) is 12.7 Å². The van der Waals surface area contributed by atoms with Crippen molar-refractivity contribution >= 4 is 0 Å². The first-order valence-electron chi connectivity index (χ1n) is 4.00. The Balaban J connectivity index is 2.55. The molecule has 0 bridgehead atoms. The minimum atomic E-state index is -0.336. The van der Waals surface area contributed by atoms with Gasteiger partial charge in [-0.2, -0.15) is 5.10 Å². The minimum absolute atomic E-state index is 0.336. The van der Waals surface area contributed by atoms with Gasteiger partial charge in [-0.25, -0.2) is 9.37 Å². The SMILES string of the molecule is COc1ccc(F)cc1-c1ncn[nH]1. The second kappa shape index (κ2) is 3.45. The van der Waals surface area contributed by atoms with Gasteiger partial charge >= 0.3 is 0 Å². The maximum atomic E-state index is 13.0. The Labute approximate surface area is 79.7 Å². The summed E-state index contributed by atoms with van der Waals surface area (Å²) in [5, 5.41) is 6.34. The molecule has 0 saturated heterocycles. The Morgan fingerprint density at radius 2 is 2.29 bits per heavy atom. The van der Waals surface area contributed by atoms with Crippen LogP contribution in [0.15, 0.2) is 24.5 Å². The molecule has 14 heavy (non-hydrogen) atoms. The van der Waals surface area contributed by atoms with Crippen LogP contribution in [-0.2, 0) is 0 Å². The van der Waals surface area contributed by atoms with E-state index in [0.717, 1.165) is 0 Å². The van der Waals surface area contributed by atoms with Crippen molar-refractivity contribution in [3.05, 3.63) is 30.3 Å². The number of aromatic amines is 1. The minimum Gasteiger partial charge on any atom is -0.496 e. The number of benzene rings is 1. The van der Waals surface area contributed by atoms with Crippen LogP contribution < -0.4 is 4.74 Å². The molecule has 1 aromatic carbocycles. The Kier molecular flexibility index (Phi) is 2.14. The van der Waals surface area contributed by atoms with Gasteiger partial charge in [0, 0.05) is 0 Å². The monoisotopic (exact) mass is 193 g/mol. The number of rotatable bonds is 2. The first-order chi connectivity index (χ1) is 6.81. The fraction of sp³-hybridized carbons (Fsp3) is 0.111. The first-order valence-corrected chi connectivity index (χ1v) is 4.00. The first kappa shape index (κ1) is 8.68. The van der Waals surface area contributed by atoms with Crippen LogP contribution in [0.4, 0.5) is 4.39 Å². The second-order valence-electron chi connectivity index (χ2n) is 2.68. The predicted molar refractivity (Wildman–Crippen MR) is 48.3 cm³/mol. The van der Waals surface area contributed by atoms with E-state index in [1.807, 2.05) is 0 Å². The van der Waals surface area contributed by atoms with Gasteiger partial charge in [-0.1, -0.05) is 0 Å². The zero-order valence-corrected chi connectivity index (χ0v) is 7.49. The van der Waals surface area contributed by atoms with E-state index >= 15 is 0 Å². The van der Waals surface area contributed by atoms with E-state index in [9.17, 15) is 4.39 Å². The quantitative estimate of drug-likeness (QED) is 0.788. The summed E-state index contributed by atoms with van der Waals surface area (Å²) in [5.41, 5.74) is 0.560. The number of methoxy groups -OCH3 is 1. The number of halogens is 1. The molecular weight excluding hydrogens is 185 g/mol. The third kappa shape index (κ3) is 1.44. The van der Waals surface area contributed by atoms with E-state index in [1.165, 1.54) is 25.6 Å². The standard InChI is InChI=1S/C9H8FN3O/c1-14-8-3-2-6(10)4-7(8)9-11-5-12-13-9/h2-5H,1H3,(H,11,12,13). The molecule has 72 valence electrons. The fourth-order valence-electron chi connectivity index (χ4n) is 1.20. The van der Waals surface area contributed by atoms with Crippen LogP contribution in [0.3, 0.4) is 0 Å². The average molecular weight is 193 g/mol. The molecule has 0 aliphatic rings. The van der Waals surface area contributed by atoms with Gasteiger partial charge in [0.15, 0.2) is 5.82 Å². The van der Waals surface area contributed by atoms with Crippen LogP contribution in [0.25, 0.3) is 11.4 Å². The molecule has 0 unspecified atom stereocenters. The lowest BCUT2D eigenvalue weighted by Gasteiger charge is -2.04. The maximum absolute atomic E-state index is 13.0. The third-order valence-corrected chi connectivity index (χ3v) is 1.83. The molecule has 0 spiro atoms. The second-order valence-corrected chi connectivity index (χ2v) is 2.68. The molecule has 2 rings (SSSR count). The molecule has 0 atom stereocenters. The summed E-state index contributed by atoms with van der Waals surface area (Å²) in [6, 6.07) is 4.23. The Morgan fingerprint density at radius 3 is 2.93 bits per heavy atom. The lowest BCUT2D eigenvalue weighted by molar-refractivity contribution is 0.415. The summed E-state index contributed by atoms with van der Waals surface area (Å²) in [6.45, 7) is 0. The Hall–Kier alpha value is -1.91. The topological polar surface area (TPSA) is 50.8 Å². The molecule has 0 saturated carbocycles. The highest BCUT2D eigenvalue weighted by atomic mass is 19.1. The van der Waals surface area contributed by atoms with Crippen LogP contribution in [0.2, 0.25) is 0 Å². The molecule has 0 aliphatic heterocycles. The highest BCUT2D eigenvalue weighted by Crippen LogP contribution is 2.27. The molecule has 1 heterocycles. The van der Waals surface area contributed by atoms with E-state index in [0.29, 0.717) is 17.1 Å². The van der Waals surface area contributed by atoms with Gasteiger partial charge in [-0.3, -0.25) is 5.10 Å². The van der Waals surface area contributed by atoms with Crippen LogP contribution >= 0.6 is 0 Å². The van der Waals surface area contributed by atoms with Gasteiger partial charge < -0.3 is 4.74 Å². The maximum Gasteiger partial charge on any atom is 0.159 e. The lowest BCUT2D eigenvalue weighted by Crippen LogP contribution is -1.90. The number of H-pyrrole nitrogens is 1. The molecule has 0 fully saturated rings. The lowest BCUT2D eigenvalue weighted by atomic mass is 10.2. The average Bonchev–Trinajstić information content (AvgIpc) is 2.70. The van der Waals surface area contributed by atoms with E-state index in [1.54, 1.807) is 6.07 Å². The summed E-state index contributed by atoms with van der Waals surface area (Å²) < 4.78 is 18.0. The van der Waals surface area contributed by atoms with Gasteiger partial charge in [-0.05, 0) is 18.2 Å². The van der Waals surface area contributed by atoms with Crippen molar-refractivity contribution in [2.75, 3.05) is 7.11 Å². The molecule has 2 aromatic rings. The Bertz CT molecular complexity index is 428. The number of nitrogens with zero attached hydrogens (tertiary/aromatic N) is 2. The van der Waals surface area contributed by atoms with E-state index < -0.39 is 0 Å². The van der Waals surface area contributed by atoms with Crippen LogP contribution in [0.1, 0.15) is 0 Å². The highest BCUT2D eigenvalue weighted by molar-refractivity contribution is 5.63. The molecule has 4 nitrogen and oxygen atoms in total. The summed E-state index contributed by atoms with van der Waals surface area (Å²) >= 11 is 0. The summed E-state index contributed by atoms with van der Waals surface area (Å²) in [4.78, 5) is 3.92. The van der Waals surface area contributed by atoms with E-state index in [-0.39, 0.29) is 5.82 Å². The molecule has 1 N–H and O–H groups in total.